The highest BCUT2D eigenvalue weighted by Crippen LogP contribution is 2.30. The van der Waals surface area contributed by atoms with Crippen molar-refractivity contribution in [3.63, 3.8) is 0 Å². The summed E-state index contributed by atoms with van der Waals surface area (Å²) < 4.78 is 0. The lowest BCUT2D eigenvalue weighted by molar-refractivity contribution is 0.451. The summed E-state index contributed by atoms with van der Waals surface area (Å²) in [7, 11) is 0. The van der Waals surface area contributed by atoms with Crippen LogP contribution in [0.1, 0.15) is 0 Å². The molecule has 0 aliphatic carbocycles. The molecular formula is C9H9N5O2S. The number of phenols is 2. The first-order valence-corrected chi connectivity index (χ1v) is 5.81. The first kappa shape index (κ1) is 11.4. The van der Waals surface area contributed by atoms with E-state index in [9.17, 15) is 5.11 Å². The SMILES string of the molecule is CSc1n[nH]c(N=Nc2ccc(O)cc2O)n1. The Kier molecular flexibility index (Phi) is 3.24. The van der Waals surface area contributed by atoms with Crippen molar-refractivity contribution in [2.75, 3.05) is 6.26 Å². The standard InChI is InChI=1S/C9H9N5O2S/c1-17-9-10-8(13-14-9)12-11-6-3-2-5(15)4-7(6)16/h2-4,15-16H,1H3,(H,10,13,14). The van der Waals surface area contributed by atoms with Gasteiger partial charge in [0.05, 0.1) is 0 Å². The average Bonchev–Trinajstić information content (AvgIpc) is 2.76. The summed E-state index contributed by atoms with van der Waals surface area (Å²) in [6.45, 7) is 0. The van der Waals surface area contributed by atoms with Crippen molar-refractivity contribution in [2.24, 2.45) is 10.2 Å². The van der Waals surface area contributed by atoms with Crippen LogP contribution in [0.2, 0.25) is 0 Å². The smallest absolute Gasteiger partial charge is 0.265 e. The van der Waals surface area contributed by atoms with Crippen molar-refractivity contribution in [3.05, 3.63) is 18.2 Å². The van der Waals surface area contributed by atoms with Crippen LogP contribution in [0.5, 0.6) is 11.5 Å². The highest BCUT2D eigenvalue weighted by molar-refractivity contribution is 7.98. The molecule has 0 fully saturated rings. The number of benzene rings is 1. The molecule has 0 bridgehead atoms. The van der Waals surface area contributed by atoms with Crippen LogP contribution in [0.25, 0.3) is 0 Å². The van der Waals surface area contributed by atoms with Gasteiger partial charge in [0.2, 0.25) is 5.16 Å². The van der Waals surface area contributed by atoms with Gasteiger partial charge in [0, 0.05) is 6.07 Å². The number of thioether (sulfide) groups is 1. The van der Waals surface area contributed by atoms with Crippen molar-refractivity contribution in [1.82, 2.24) is 15.2 Å². The van der Waals surface area contributed by atoms with Gasteiger partial charge < -0.3 is 10.2 Å². The van der Waals surface area contributed by atoms with Gasteiger partial charge >= 0.3 is 0 Å². The van der Waals surface area contributed by atoms with E-state index >= 15 is 0 Å². The molecule has 0 amide bonds. The molecule has 1 aromatic heterocycles. The molecule has 8 heteroatoms. The molecule has 1 heterocycles. The lowest BCUT2D eigenvalue weighted by atomic mass is 10.3. The van der Waals surface area contributed by atoms with E-state index in [1.54, 1.807) is 0 Å². The minimum absolute atomic E-state index is 0.0363. The highest BCUT2D eigenvalue weighted by Gasteiger charge is 2.02. The van der Waals surface area contributed by atoms with Crippen LogP contribution < -0.4 is 0 Å². The summed E-state index contributed by atoms with van der Waals surface area (Å²) in [4.78, 5) is 4.00. The Morgan fingerprint density at radius 1 is 1.29 bits per heavy atom. The van der Waals surface area contributed by atoms with Gasteiger partial charge in [-0.25, -0.2) is 5.10 Å². The summed E-state index contributed by atoms with van der Waals surface area (Å²) in [6.07, 6.45) is 1.84. The van der Waals surface area contributed by atoms with E-state index in [0.29, 0.717) is 5.16 Å². The van der Waals surface area contributed by atoms with Gasteiger partial charge in [-0.1, -0.05) is 11.8 Å². The molecule has 0 saturated carbocycles. The summed E-state index contributed by atoms with van der Waals surface area (Å²) in [5.74, 6) is 0.0611. The van der Waals surface area contributed by atoms with Crippen LogP contribution in [-0.4, -0.2) is 31.7 Å². The normalized spacial score (nSPS) is 11.1. The summed E-state index contributed by atoms with van der Waals surface area (Å²) in [5.41, 5.74) is 0.241. The molecule has 3 N–H and O–H groups in total. The van der Waals surface area contributed by atoms with E-state index in [2.05, 4.69) is 25.4 Å². The number of hydrogen-bond acceptors (Lipinski definition) is 7. The van der Waals surface area contributed by atoms with Crippen LogP contribution in [0.3, 0.4) is 0 Å². The molecule has 0 radical (unpaired) electrons. The summed E-state index contributed by atoms with van der Waals surface area (Å²) in [6, 6.07) is 4.03. The van der Waals surface area contributed by atoms with E-state index in [-0.39, 0.29) is 23.1 Å². The Morgan fingerprint density at radius 2 is 2.12 bits per heavy atom. The predicted molar refractivity (Wildman–Crippen MR) is 62.1 cm³/mol. The summed E-state index contributed by atoms with van der Waals surface area (Å²) in [5, 5.41) is 33.1. The third-order valence-electron chi connectivity index (χ3n) is 1.85. The summed E-state index contributed by atoms with van der Waals surface area (Å²) >= 11 is 1.38. The number of phenolic OH excluding ortho intramolecular Hbond substituents is 2. The number of aromatic hydroxyl groups is 2. The first-order valence-electron chi connectivity index (χ1n) is 4.59. The Balaban J connectivity index is 2.19. The molecule has 2 aromatic rings. The minimum Gasteiger partial charge on any atom is -0.508 e. The van der Waals surface area contributed by atoms with Crippen molar-refractivity contribution in [2.45, 2.75) is 5.16 Å². The average molecular weight is 251 g/mol. The van der Waals surface area contributed by atoms with E-state index < -0.39 is 0 Å². The first-order chi connectivity index (χ1) is 8.19. The molecule has 0 unspecified atom stereocenters. The zero-order chi connectivity index (χ0) is 12.3. The van der Waals surface area contributed by atoms with E-state index in [4.69, 9.17) is 5.11 Å². The lowest BCUT2D eigenvalue weighted by Crippen LogP contribution is -1.70. The van der Waals surface area contributed by atoms with E-state index in [1.165, 1.54) is 30.0 Å². The van der Waals surface area contributed by atoms with Gasteiger partial charge in [0.25, 0.3) is 5.95 Å². The van der Waals surface area contributed by atoms with Gasteiger partial charge in [-0.3, -0.25) is 0 Å². The fraction of sp³-hybridized carbons (Fsp3) is 0.111. The second kappa shape index (κ2) is 4.83. The van der Waals surface area contributed by atoms with Crippen molar-refractivity contribution in [3.8, 4) is 11.5 Å². The van der Waals surface area contributed by atoms with Gasteiger partial charge in [-0.15, -0.1) is 15.3 Å². The van der Waals surface area contributed by atoms with E-state index in [0.717, 1.165) is 0 Å². The Morgan fingerprint density at radius 3 is 2.76 bits per heavy atom. The number of azo groups is 1. The van der Waals surface area contributed by atoms with Gasteiger partial charge in [0.1, 0.15) is 17.2 Å². The van der Waals surface area contributed by atoms with Gasteiger partial charge in [0.15, 0.2) is 0 Å². The fourth-order valence-electron chi connectivity index (χ4n) is 1.07. The number of hydrogen-bond donors (Lipinski definition) is 3. The van der Waals surface area contributed by atoms with Gasteiger partial charge in [-0.2, -0.15) is 4.98 Å². The number of aromatic nitrogens is 3. The molecule has 0 saturated heterocycles. The van der Waals surface area contributed by atoms with Crippen LogP contribution in [0, 0.1) is 0 Å². The van der Waals surface area contributed by atoms with Crippen LogP contribution in [0.15, 0.2) is 33.6 Å². The van der Waals surface area contributed by atoms with Crippen LogP contribution >= 0.6 is 11.8 Å². The third-order valence-corrected chi connectivity index (χ3v) is 2.39. The number of nitrogens with zero attached hydrogens (tertiary/aromatic N) is 4. The molecule has 0 aliphatic rings. The Labute approximate surface area is 101 Å². The molecule has 17 heavy (non-hydrogen) atoms. The molecule has 0 spiro atoms. The van der Waals surface area contributed by atoms with Crippen LogP contribution in [0.4, 0.5) is 11.6 Å². The highest BCUT2D eigenvalue weighted by atomic mass is 32.2. The Hall–Kier alpha value is -2.09. The maximum absolute atomic E-state index is 9.46. The number of nitrogens with one attached hydrogen (secondary N) is 1. The quantitative estimate of drug-likeness (QED) is 0.573. The molecule has 0 aliphatic heterocycles. The van der Waals surface area contributed by atoms with Crippen molar-refractivity contribution < 1.29 is 10.2 Å². The third kappa shape index (κ3) is 2.72. The number of aromatic amines is 1. The monoisotopic (exact) mass is 251 g/mol. The maximum atomic E-state index is 9.46. The van der Waals surface area contributed by atoms with Crippen molar-refractivity contribution >= 4 is 23.4 Å². The minimum atomic E-state index is -0.154. The van der Waals surface area contributed by atoms with Crippen molar-refractivity contribution in [1.29, 1.82) is 0 Å². The molecule has 1 aromatic carbocycles. The second-order valence-electron chi connectivity index (χ2n) is 3.02. The maximum Gasteiger partial charge on any atom is 0.265 e. The molecule has 88 valence electrons. The predicted octanol–water partition coefficient (Wildman–Crippen LogP) is 2.35. The zero-order valence-electron chi connectivity index (χ0n) is 8.82. The number of rotatable bonds is 3. The van der Waals surface area contributed by atoms with Crippen LogP contribution in [-0.2, 0) is 0 Å². The zero-order valence-corrected chi connectivity index (χ0v) is 9.64. The molecule has 7 nitrogen and oxygen atoms in total. The lowest BCUT2D eigenvalue weighted by Gasteiger charge is -1.96. The largest absolute Gasteiger partial charge is 0.508 e. The molecule has 0 atom stereocenters. The van der Waals surface area contributed by atoms with E-state index in [1.807, 2.05) is 6.26 Å². The Bertz CT molecular complexity index is 554. The topological polar surface area (TPSA) is 107 Å². The van der Waals surface area contributed by atoms with Gasteiger partial charge in [-0.05, 0) is 18.4 Å². The molecular weight excluding hydrogens is 242 g/mol. The molecule has 2 rings (SSSR count). The second-order valence-corrected chi connectivity index (χ2v) is 3.79. The fourth-order valence-corrected chi connectivity index (χ4v) is 1.39. The number of H-pyrrole nitrogens is 1.